The fraction of sp³-hybridized carbons (Fsp3) is 0.393. The van der Waals surface area contributed by atoms with Crippen LogP contribution in [0.25, 0.3) is 5.69 Å². The van der Waals surface area contributed by atoms with Crippen molar-refractivity contribution in [3.8, 4) is 5.69 Å². The van der Waals surface area contributed by atoms with Crippen molar-refractivity contribution < 1.29 is 14.3 Å². The first-order valence-corrected chi connectivity index (χ1v) is 12.1. The summed E-state index contributed by atoms with van der Waals surface area (Å²) in [5.74, 6) is -0.106. The maximum absolute atomic E-state index is 13.3. The number of rotatable bonds is 4. The van der Waals surface area contributed by atoms with Gasteiger partial charge in [0.25, 0.3) is 5.91 Å². The van der Waals surface area contributed by atoms with Crippen LogP contribution in [-0.2, 0) is 4.74 Å². The molecule has 0 saturated carbocycles. The van der Waals surface area contributed by atoms with Crippen molar-refractivity contribution in [3.05, 3.63) is 77.1 Å². The molecule has 3 aromatic rings. The zero-order valence-electron chi connectivity index (χ0n) is 21.2. The molecule has 0 radical (unpaired) electrons. The van der Waals surface area contributed by atoms with Crippen LogP contribution in [0.3, 0.4) is 0 Å². The third-order valence-electron chi connectivity index (χ3n) is 6.20. The van der Waals surface area contributed by atoms with E-state index in [1.165, 1.54) is 5.56 Å². The Bertz CT molecular complexity index is 1200. The van der Waals surface area contributed by atoms with Gasteiger partial charge < -0.3 is 15.0 Å². The number of nitrogens with one attached hydrogen (secondary N) is 1. The lowest BCUT2D eigenvalue weighted by molar-refractivity contribution is 0.0203. The maximum Gasteiger partial charge on any atom is 0.410 e. The summed E-state index contributed by atoms with van der Waals surface area (Å²) in [5.41, 5.74) is 4.88. The highest BCUT2D eigenvalue weighted by Crippen LogP contribution is 2.34. The Morgan fingerprint density at radius 1 is 1.03 bits per heavy atom. The number of hydrogen-bond acceptors (Lipinski definition) is 4. The molecule has 2 amide bonds. The van der Waals surface area contributed by atoms with Crippen LogP contribution in [0.1, 0.15) is 66.7 Å². The molecule has 35 heavy (non-hydrogen) atoms. The molecule has 7 heteroatoms. The molecule has 1 N–H and O–H groups in total. The van der Waals surface area contributed by atoms with Gasteiger partial charge in [-0.1, -0.05) is 35.9 Å². The molecule has 0 atom stereocenters. The van der Waals surface area contributed by atoms with Crippen molar-refractivity contribution in [2.24, 2.45) is 0 Å². The average Bonchev–Trinajstić information content (AvgIpc) is 3.24. The second kappa shape index (κ2) is 9.94. The Kier molecular flexibility index (Phi) is 6.96. The van der Waals surface area contributed by atoms with E-state index >= 15 is 0 Å². The summed E-state index contributed by atoms with van der Waals surface area (Å²) in [7, 11) is 0. The van der Waals surface area contributed by atoms with Gasteiger partial charge in [0.2, 0.25) is 0 Å². The van der Waals surface area contributed by atoms with Crippen LogP contribution in [0.2, 0.25) is 0 Å². The van der Waals surface area contributed by atoms with E-state index in [-0.39, 0.29) is 17.9 Å². The van der Waals surface area contributed by atoms with Crippen LogP contribution in [-0.4, -0.2) is 45.4 Å². The highest BCUT2D eigenvalue weighted by molar-refractivity contribution is 6.05. The predicted octanol–water partition coefficient (Wildman–Crippen LogP) is 5.86. The molecule has 1 aliphatic heterocycles. The van der Waals surface area contributed by atoms with E-state index in [1.54, 1.807) is 11.1 Å². The smallest absolute Gasteiger partial charge is 0.410 e. The van der Waals surface area contributed by atoms with E-state index in [1.807, 2.05) is 55.8 Å². The monoisotopic (exact) mass is 474 g/mol. The van der Waals surface area contributed by atoms with Crippen LogP contribution in [0, 0.1) is 13.8 Å². The molecule has 0 unspecified atom stereocenters. The zero-order chi connectivity index (χ0) is 25.2. The summed E-state index contributed by atoms with van der Waals surface area (Å²) < 4.78 is 7.46. The van der Waals surface area contributed by atoms with Crippen molar-refractivity contribution in [2.75, 3.05) is 18.4 Å². The molecule has 1 aromatic heterocycles. The Labute approximate surface area is 207 Å². The fourth-order valence-electron chi connectivity index (χ4n) is 4.54. The van der Waals surface area contributed by atoms with Crippen LogP contribution in [0.5, 0.6) is 0 Å². The second-order valence-electron chi connectivity index (χ2n) is 10.2. The first-order chi connectivity index (χ1) is 16.6. The van der Waals surface area contributed by atoms with E-state index in [2.05, 4.69) is 42.5 Å². The van der Waals surface area contributed by atoms with Gasteiger partial charge in [0.05, 0.1) is 23.1 Å². The number of nitrogens with zero attached hydrogens (tertiary/aromatic N) is 3. The first-order valence-electron chi connectivity index (χ1n) is 12.1. The lowest BCUT2D eigenvalue weighted by atomic mass is 9.90. The SMILES string of the molecule is Cc1ccc(-n2ncc(C(=O)Nc3ccccc3)c2C2CCN(C(=O)OC(C)(C)C)CC2)c(C)c1. The number of carbonyl (C=O) groups is 2. The molecular formula is C28H34N4O3. The molecule has 1 saturated heterocycles. The number of aryl methyl sites for hydroxylation is 2. The topological polar surface area (TPSA) is 76.5 Å². The van der Waals surface area contributed by atoms with Gasteiger partial charge in [0, 0.05) is 24.7 Å². The summed E-state index contributed by atoms with van der Waals surface area (Å²) in [6.07, 6.45) is 2.82. The summed E-state index contributed by atoms with van der Waals surface area (Å²) in [5, 5.41) is 7.67. The van der Waals surface area contributed by atoms with Gasteiger partial charge in [-0.3, -0.25) is 4.79 Å². The molecular weight excluding hydrogens is 440 g/mol. The fourth-order valence-corrected chi connectivity index (χ4v) is 4.54. The minimum absolute atomic E-state index is 0.0772. The third-order valence-corrected chi connectivity index (χ3v) is 6.20. The lowest BCUT2D eigenvalue weighted by Gasteiger charge is -2.34. The Morgan fingerprint density at radius 3 is 2.34 bits per heavy atom. The van der Waals surface area contributed by atoms with Gasteiger partial charge in [-0.25, -0.2) is 9.48 Å². The van der Waals surface area contributed by atoms with Crippen molar-refractivity contribution in [2.45, 2.75) is 59.0 Å². The van der Waals surface area contributed by atoms with Crippen molar-refractivity contribution >= 4 is 17.7 Å². The Morgan fingerprint density at radius 2 is 1.71 bits per heavy atom. The van der Waals surface area contributed by atoms with Crippen LogP contribution < -0.4 is 5.32 Å². The normalized spacial score (nSPS) is 14.6. The summed E-state index contributed by atoms with van der Waals surface area (Å²) in [6.45, 7) is 10.9. The minimum atomic E-state index is -0.530. The number of amides is 2. The van der Waals surface area contributed by atoms with Gasteiger partial charge in [-0.2, -0.15) is 5.10 Å². The number of ether oxygens (including phenoxy) is 1. The predicted molar refractivity (Wildman–Crippen MR) is 137 cm³/mol. The highest BCUT2D eigenvalue weighted by atomic mass is 16.6. The van der Waals surface area contributed by atoms with E-state index in [9.17, 15) is 9.59 Å². The lowest BCUT2D eigenvalue weighted by Crippen LogP contribution is -2.41. The second-order valence-corrected chi connectivity index (χ2v) is 10.2. The van der Waals surface area contributed by atoms with Gasteiger partial charge in [0.15, 0.2) is 0 Å². The highest BCUT2D eigenvalue weighted by Gasteiger charge is 2.32. The number of benzene rings is 2. The maximum atomic E-state index is 13.3. The van der Waals surface area contributed by atoms with Gasteiger partial charge in [-0.15, -0.1) is 0 Å². The van der Waals surface area contributed by atoms with E-state index in [0.717, 1.165) is 35.5 Å². The minimum Gasteiger partial charge on any atom is -0.444 e. The largest absolute Gasteiger partial charge is 0.444 e. The van der Waals surface area contributed by atoms with E-state index in [0.29, 0.717) is 18.7 Å². The van der Waals surface area contributed by atoms with Crippen LogP contribution in [0.15, 0.2) is 54.7 Å². The summed E-state index contributed by atoms with van der Waals surface area (Å²) >= 11 is 0. The Hall–Kier alpha value is -3.61. The van der Waals surface area contributed by atoms with Crippen molar-refractivity contribution in [3.63, 3.8) is 0 Å². The van der Waals surface area contributed by atoms with Crippen LogP contribution >= 0.6 is 0 Å². The molecule has 0 spiro atoms. The number of para-hydroxylation sites is 1. The molecule has 7 nitrogen and oxygen atoms in total. The van der Waals surface area contributed by atoms with E-state index < -0.39 is 5.60 Å². The molecule has 0 bridgehead atoms. The molecule has 2 heterocycles. The van der Waals surface area contributed by atoms with Crippen molar-refractivity contribution in [1.29, 1.82) is 0 Å². The number of hydrogen-bond donors (Lipinski definition) is 1. The number of aromatic nitrogens is 2. The molecule has 2 aromatic carbocycles. The number of carbonyl (C=O) groups excluding carboxylic acids is 2. The Balaban J connectivity index is 1.64. The quantitative estimate of drug-likeness (QED) is 0.514. The molecule has 1 aliphatic rings. The van der Waals surface area contributed by atoms with Gasteiger partial charge in [-0.05, 0) is 71.2 Å². The van der Waals surface area contributed by atoms with Gasteiger partial charge in [0.1, 0.15) is 5.60 Å². The number of anilines is 1. The summed E-state index contributed by atoms with van der Waals surface area (Å²) in [4.78, 5) is 27.7. The molecule has 1 fully saturated rings. The molecule has 184 valence electrons. The average molecular weight is 475 g/mol. The molecule has 4 rings (SSSR count). The van der Waals surface area contributed by atoms with Crippen molar-refractivity contribution in [1.82, 2.24) is 14.7 Å². The van der Waals surface area contributed by atoms with Gasteiger partial charge >= 0.3 is 6.09 Å². The molecule has 0 aliphatic carbocycles. The number of piperidine rings is 1. The number of likely N-dealkylation sites (tertiary alicyclic amines) is 1. The standard InChI is InChI=1S/C28H34N4O3/c1-19-11-12-24(20(2)17-19)32-25(21-13-15-31(16-14-21)27(34)35-28(3,4)5)23(18-29-32)26(33)30-22-9-7-6-8-10-22/h6-12,17-18,21H,13-16H2,1-5H3,(H,30,33). The third kappa shape index (κ3) is 5.73. The van der Waals surface area contributed by atoms with E-state index in [4.69, 9.17) is 4.74 Å². The summed E-state index contributed by atoms with van der Waals surface area (Å²) in [6, 6.07) is 15.7. The zero-order valence-corrected chi connectivity index (χ0v) is 21.2. The van der Waals surface area contributed by atoms with Crippen LogP contribution in [0.4, 0.5) is 10.5 Å². The first kappa shape index (κ1) is 24.5.